The van der Waals surface area contributed by atoms with E-state index in [0.29, 0.717) is 16.5 Å². The quantitative estimate of drug-likeness (QED) is 0.682. The fraction of sp³-hybridized carbons (Fsp3) is 0.308. The SMILES string of the molecule is O=C1C=C(c2ccc(Br)c(Cl)c2F)CCCC1. The minimum absolute atomic E-state index is 0.0657. The van der Waals surface area contributed by atoms with Crippen LogP contribution in [-0.2, 0) is 4.79 Å². The van der Waals surface area contributed by atoms with Gasteiger partial charge in [0.2, 0.25) is 0 Å². The predicted molar refractivity (Wildman–Crippen MR) is 70.6 cm³/mol. The average molecular weight is 318 g/mol. The molecule has 0 atom stereocenters. The second-order valence-corrected chi connectivity index (χ2v) is 5.30. The maximum Gasteiger partial charge on any atom is 0.155 e. The van der Waals surface area contributed by atoms with Gasteiger partial charge in [-0.15, -0.1) is 0 Å². The summed E-state index contributed by atoms with van der Waals surface area (Å²) in [6.07, 6.45) is 4.60. The molecule has 2 rings (SSSR count). The number of halogens is 3. The molecule has 0 radical (unpaired) electrons. The summed E-state index contributed by atoms with van der Waals surface area (Å²) >= 11 is 9.02. The molecule has 0 saturated heterocycles. The summed E-state index contributed by atoms with van der Waals surface area (Å²) in [7, 11) is 0. The summed E-state index contributed by atoms with van der Waals surface area (Å²) in [6, 6.07) is 3.37. The van der Waals surface area contributed by atoms with E-state index in [1.807, 2.05) is 0 Å². The van der Waals surface area contributed by atoms with Gasteiger partial charge in [-0.2, -0.15) is 0 Å². The van der Waals surface area contributed by atoms with E-state index in [4.69, 9.17) is 11.6 Å². The number of hydrogen-bond acceptors (Lipinski definition) is 1. The van der Waals surface area contributed by atoms with E-state index in [0.717, 1.165) is 24.8 Å². The highest BCUT2D eigenvalue weighted by Gasteiger charge is 2.16. The van der Waals surface area contributed by atoms with Gasteiger partial charge >= 0.3 is 0 Å². The zero-order valence-electron chi connectivity index (χ0n) is 9.10. The van der Waals surface area contributed by atoms with E-state index in [2.05, 4.69) is 15.9 Å². The number of benzene rings is 1. The van der Waals surface area contributed by atoms with Crippen LogP contribution in [0.15, 0.2) is 22.7 Å². The molecule has 1 aromatic rings. The topological polar surface area (TPSA) is 17.1 Å². The van der Waals surface area contributed by atoms with Crippen molar-refractivity contribution in [2.45, 2.75) is 25.7 Å². The van der Waals surface area contributed by atoms with Crippen molar-refractivity contribution < 1.29 is 9.18 Å². The van der Waals surface area contributed by atoms with Crippen LogP contribution in [0.5, 0.6) is 0 Å². The summed E-state index contributed by atoms with van der Waals surface area (Å²) in [4.78, 5) is 11.5. The van der Waals surface area contributed by atoms with Crippen LogP contribution < -0.4 is 0 Å². The maximum absolute atomic E-state index is 14.0. The first-order chi connectivity index (χ1) is 8.09. The molecule has 0 unspecified atom stereocenters. The van der Waals surface area contributed by atoms with Crippen molar-refractivity contribution in [3.05, 3.63) is 39.1 Å². The molecule has 1 aliphatic carbocycles. The van der Waals surface area contributed by atoms with Gasteiger partial charge in [0.1, 0.15) is 5.82 Å². The first-order valence-corrected chi connectivity index (χ1v) is 6.64. The van der Waals surface area contributed by atoms with Crippen LogP contribution >= 0.6 is 27.5 Å². The maximum atomic E-state index is 14.0. The number of rotatable bonds is 1. The fourth-order valence-electron chi connectivity index (χ4n) is 1.94. The van der Waals surface area contributed by atoms with Crippen molar-refractivity contribution in [1.29, 1.82) is 0 Å². The monoisotopic (exact) mass is 316 g/mol. The molecular weight excluding hydrogens is 306 g/mol. The van der Waals surface area contributed by atoms with Crippen molar-refractivity contribution in [2.75, 3.05) is 0 Å². The van der Waals surface area contributed by atoms with E-state index in [1.54, 1.807) is 18.2 Å². The largest absolute Gasteiger partial charge is 0.295 e. The summed E-state index contributed by atoms with van der Waals surface area (Å²) in [6.45, 7) is 0. The summed E-state index contributed by atoms with van der Waals surface area (Å²) in [5, 5.41) is 0.0695. The molecule has 17 heavy (non-hydrogen) atoms. The molecule has 0 fully saturated rings. The Kier molecular flexibility index (Phi) is 4.00. The fourth-order valence-corrected chi connectivity index (χ4v) is 2.41. The normalized spacial score (nSPS) is 16.6. The molecule has 1 aliphatic rings. The Hall–Kier alpha value is -0.670. The van der Waals surface area contributed by atoms with Gasteiger partial charge in [0.15, 0.2) is 5.78 Å². The minimum atomic E-state index is -0.456. The Morgan fingerprint density at radius 1 is 1.24 bits per heavy atom. The van der Waals surface area contributed by atoms with Crippen molar-refractivity contribution in [2.24, 2.45) is 0 Å². The van der Waals surface area contributed by atoms with E-state index in [1.165, 1.54) is 0 Å². The van der Waals surface area contributed by atoms with Gasteiger partial charge in [0, 0.05) is 16.5 Å². The highest BCUT2D eigenvalue weighted by molar-refractivity contribution is 9.10. The predicted octanol–water partition coefficient (Wildman–Crippen LogP) is 4.77. The minimum Gasteiger partial charge on any atom is -0.295 e. The van der Waals surface area contributed by atoms with Crippen molar-refractivity contribution in [3.63, 3.8) is 0 Å². The average Bonchev–Trinajstić information content (AvgIpc) is 2.51. The van der Waals surface area contributed by atoms with Crippen molar-refractivity contribution in [1.82, 2.24) is 0 Å². The second-order valence-electron chi connectivity index (χ2n) is 4.07. The van der Waals surface area contributed by atoms with E-state index in [9.17, 15) is 9.18 Å². The van der Waals surface area contributed by atoms with Crippen molar-refractivity contribution in [3.8, 4) is 0 Å². The lowest BCUT2D eigenvalue weighted by atomic mass is 10.0. The number of carbonyl (C=O) groups is 1. The van der Waals surface area contributed by atoms with Gasteiger partial charge in [-0.1, -0.05) is 17.7 Å². The summed E-state index contributed by atoms with van der Waals surface area (Å²) in [5.74, 6) is -0.391. The molecular formula is C13H11BrClFO. The van der Waals surface area contributed by atoms with E-state index >= 15 is 0 Å². The van der Waals surface area contributed by atoms with Crippen LogP contribution in [-0.4, -0.2) is 5.78 Å². The Morgan fingerprint density at radius 3 is 2.71 bits per heavy atom. The van der Waals surface area contributed by atoms with Gasteiger partial charge in [-0.25, -0.2) is 4.39 Å². The Labute approximate surface area is 113 Å². The standard InChI is InChI=1S/C13H11BrClFO/c14-11-6-5-10(13(16)12(11)15)8-3-1-2-4-9(17)7-8/h5-7H,1-4H2. The zero-order chi connectivity index (χ0) is 12.4. The third-order valence-electron chi connectivity index (χ3n) is 2.84. The highest BCUT2D eigenvalue weighted by Crippen LogP contribution is 2.33. The second kappa shape index (κ2) is 5.32. The van der Waals surface area contributed by atoms with Crippen LogP contribution in [0.1, 0.15) is 31.2 Å². The van der Waals surface area contributed by atoms with Crippen LogP contribution in [0, 0.1) is 5.82 Å². The molecule has 0 spiro atoms. The van der Waals surface area contributed by atoms with E-state index < -0.39 is 5.82 Å². The van der Waals surface area contributed by atoms with Gasteiger partial charge in [-0.05, 0) is 52.9 Å². The smallest absolute Gasteiger partial charge is 0.155 e. The highest BCUT2D eigenvalue weighted by atomic mass is 79.9. The first kappa shape index (κ1) is 12.8. The molecule has 0 aromatic heterocycles. The Balaban J connectivity index is 2.46. The molecule has 0 aliphatic heterocycles. The van der Waals surface area contributed by atoms with Gasteiger partial charge in [0.25, 0.3) is 0 Å². The first-order valence-electron chi connectivity index (χ1n) is 5.47. The Morgan fingerprint density at radius 2 is 1.94 bits per heavy atom. The lowest BCUT2D eigenvalue weighted by Gasteiger charge is -2.08. The molecule has 0 heterocycles. The molecule has 4 heteroatoms. The molecule has 0 saturated carbocycles. The summed E-state index contributed by atoms with van der Waals surface area (Å²) < 4.78 is 14.5. The molecule has 1 nitrogen and oxygen atoms in total. The third kappa shape index (κ3) is 2.78. The zero-order valence-corrected chi connectivity index (χ0v) is 11.4. The van der Waals surface area contributed by atoms with Crippen LogP contribution in [0.4, 0.5) is 4.39 Å². The molecule has 90 valence electrons. The molecule has 0 bridgehead atoms. The lowest BCUT2D eigenvalue weighted by Crippen LogP contribution is -1.94. The van der Waals surface area contributed by atoms with Crippen molar-refractivity contribution >= 4 is 38.9 Å². The van der Waals surface area contributed by atoms with Crippen LogP contribution in [0.2, 0.25) is 5.02 Å². The molecule has 1 aromatic carbocycles. The molecule has 0 amide bonds. The third-order valence-corrected chi connectivity index (χ3v) is 4.09. The Bertz CT molecular complexity index is 496. The number of ketones is 1. The molecule has 0 N–H and O–H groups in total. The number of carbonyl (C=O) groups excluding carboxylic acids is 1. The number of allylic oxidation sites excluding steroid dienone is 2. The summed E-state index contributed by atoms with van der Waals surface area (Å²) in [5.41, 5.74) is 1.19. The lowest BCUT2D eigenvalue weighted by molar-refractivity contribution is -0.114. The van der Waals surface area contributed by atoms with Crippen LogP contribution in [0.3, 0.4) is 0 Å². The van der Waals surface area contributed by atoms with Gasteiger partial charge in [-0.3, -0.25) is 4.79 Å². The number of hydrogen-bond donors (Lipinski definition) is 0. The van der Waals surface area contributed by atoms with Crippen LogP contribution in [0.25, 0.3) is 5.57 Å². The van der Waals surface area contributed by atoms with Gasteiger partial charge in [0.05, 0.1) is 5.02 Å². The van der Waals surface area contributed by atoms with E-state index in [-0.39, 0.29) is 10.8 Å². The van der Waals surface area contributed by atoms with Gasteiger partial charge < -0.3 is 0 Å².